The third kappa shape index (κ3) is 5.83. The second kappa shape index (κ2) is 12.6. The topological polar surface area (TPSA) is 102 Å². The first-order valence-electron chi connectivity index (χ1n) is 15.6. The van der Waals surface area contributed by atoms with E-state index in [1.165, 1.54) is 12.5 Å². The summed E-state index contributed by atoms with van der Waals surface area (Å²) in [6.07, 6.45) is 7.43. The van der Waals surface area contributed by atoms with Crippen molar-refractivity contribution < 1.29 is 19.0 Å². The predicted molar refractivity (Wildman–Crippen MR) is 158 cm³/mol. The molecule has 7 unspecified atom stereocenters. The average molecular weight is 579 g/mol. The fraction of sp³-hybridized carbons (Fsp3) is 0.688. The van der Waals surface area contributed by atoms with Gasteiger partial charge in [-0.15, -0.1) is 0 Å². The molecule has 0 aromatic heterocycles. The molecule has 6 rings (SSSR count). The number of hydrogen-bond donors (Lipinski definition) is 2. The van der Waals surface area contributed by atoms with Gasteiger partial charge in [0.15, 0.2) is 6.35 Å². The van der Waals surface area contributed by atoms with Crippen LogP contribution in [-0.2, 0) is 14.3 Å². The molecule has 10 heteroatoms. The summed E-state index contributed by atoms with van der Waals surface area (Å²) >= 11 is 0. The van der Waals surface area contributed by atoms with Crippen LogP contribution < -0.4 is 15.4 Å². The monoisotopic (exact) mass is 578 g/mol. The molecule has 4 fully saturated rings. The number of hydrogen-bond acceptors (Lipinski definition) is 9. The summed E-state index contributed by atoms with van der Waals surface area (Å²) in [5, 5.41) is 17.2. The van der Waals surface area contributed by atoms with E-state index in [-0.39, 0.29) is 42.2 Å². The summed E-state index contributed by atoms with van der Waals surface area (Å²) in [6, 6.07) is 11.0. The molecule has 0 bridgehead atoms. The molecule has 228 valence electrons. The molecule has 10 nitrogen and oxygen atoms in total. The van der Waals surface area contributed by atoms with E-state index in [1.54, 1.807) is 7.11 Å². The van der Waals surface area contributed by atoms with E-state index in [0.29, 0.717) is 38.1 Å². The van der Waals surface area contributed by atoms with E-state index in [0.717, 1.165) is 56.5 Å². The summed E-state index contributed by atoms with van der Waals surface area (Å²) in [6.45, 7) is 7.43. The first-order valence-corrected chi connectivity index (χ1v) is 15.6. The maximum atomic E-state index is 12.6. The Hall–Kier alpha value is -2.52. The number of nitrogens with zero attached hydrogens (tertiary/aromatic N) is 4. The van der Waals surface area contributed by atoms with E-state index in [9.17, 15) is 10.1 Å². The number of rotatable bonds is 7. The van der Waals surface area contributed by atoms with Crippen molar-refractivity contribution in [1.82, 2.24) is 25.3 Å². The third-order valence-corrected chi connectivity index (χ3v) is 10.4. The summed E-state index contributed by atoms with van der Waals surface area (Å²) in [7, 11) is 3.97. The van der Waals surface area contributed by atoms with E-state index >= 15 is 0 Å². The fourth-order valence-electron chi connectivity index (χ4n) is 8.11. The molecule has 1 aromatic carbocycles. The Morgan fingerprint density at radius 2 is 2.07 bits per heavy atom. The van der Waals surface area contributed by atoms with Crippen LogP contribution in [0.2, 0.25) is 0 Å². The van der Waals surface area contributed by atoms with Gasteiger partial charge in [-0.2, -0.15) is 5.26 Å². The van der Waals surface area contributed by atoms with Crippen LogP contribution in [0.4, 0.5) is 0 Å². The number of amides is 1. The first-order chi connectivity index (χ1) is 20.4. The molecule has 1 amide bonds. The summed E-state index contributed by atoms with van der Waals surface area (Å²) in [5.41, 5.74) is 0.820. The highest BCUT2D eigenvalue weighted by molar-refractivity contribution is 5.87. The molecule has 3 saturated heterocycles. The predicted octanol–water partition coefficient (Wildman–Crippen LogP) is 2.59. The molecule has 5 aliphatic rings. The fourth-order valence-corrected chi connectivity index (χ4v) is 8.11. The maximum Gasteiger partial charge on any atom is 0.246 e. The normalized spacial score (nSPS) is 37.0. The molecule has 4 heterocycles. The van der Waals surface area contributed by atoms with Gasteiger partial charge in [0.2, 0.25) is 5.91 Å². The lowest BCUT2D eigenvalue weighted by molar-refractivity contribution is -0.142. The minimum atomic E-state index is -0.306. The van der Waals surface area contributed by atoms with Crippen LogP contribution in [0.3, 0.4) is 0 Å². The van der Waals surface area contributed by atoms with Crippen LogP contribution in [0.1, 0.15) is 56.6 Å². The Bertz CT molecular complexity index is 1180. The van der Waals surface area contributed by atoms with Crippen LogP contribution in [0.25, 0.3) is 0 Å². The first kappa shape index (κ1) is 29.5. The van der Waals surface area contributed by atoms with Crippen molar-refractivity contribution in [2.45, 2.75) is 87.3 Å². The summed E-state index contributed by atoms with van der Waals surface area (Å²) in [5.74, 6) is 1.16. The highest BCUT2D eigenvalue weighted by Crippen LogP contribution is 2.49. The number of fused-ring (bicyclic) bond motifs is 2. The largest absolute Gasteiger partial charge is 0.487 e. The standard InChI is InChI=1S/C32H46N6O4/c1-4-29(39)38-17-16-37(20-22(38)12-14-33)30-24-11-13-32(19-28(40-3)25-9-5-6-10-27(25)42-32)18-26(24)34-31(35-30)41-21-23-8-7-15-36(23)2/h4-6,9-10,22-24,26,28,30-31,34-35H,1,7-8,11-13,15-21H2,2-3H3/t22?,23?,24?,26?,28?,30?,31?,32-/m0/s1. The second-order valence-corrected chi connectivity index (χ2v) is 12.8. The Balaban J connectivity index is 1.22. The number of benzene rings is 1. The van der Waals surface area contributed by atoms with Crippen molar-refractivity contribution in [2.75, 3.05) is 46.9 Å². The zero-order chi connectivity index (χ0) is 29.3. The quantitative estimate of drug-likeness (QED) is 0.473. The van der Waals surface area contributed by atoms with Gasteiger partial charge in [-0.05, 0) is 51.4 Å². The van der Waals surface area contributed by atoms with Gasteiger partial charge in [0.25, 0.3) is 0 Å². The van der Waals surface area contributed by atoms with E-state index in [2.05, 4.69) is 52.3 Å². The number of methoxy groups -OCH3 is 1. The Kier molecular flexibility index (Phi) is 8.87. The Morgan fingerprint density at radius 3 is 2.83 bits per heavy atom. The molecular formula is C32H46N6O4. The Labute approximate surface area is 249 Å². The van der Waals surface area contributed by atoms with Crippen molar-refractivity contribution in [3.05, 3.63) is 42.5 Å². The zero-order valence-corrected chi connectivity index (χ0v) is 25.0. The number of nitrogens with one attached hydrogen (secondary N) is 2. The molecule has 4 aliphatic heterocycles. The molecule has 1 spiro atoms. The number of likely N-dealkylation sites (N-methyl/N-ethyl adjacent to an activating group) is 1. The zero-order valence-electron chi connectivity index (χ0n) is 25.0. The number of carbonyl (C=O) groups is 1. The third-order valence-electron chi connectivity index (χ3n) is 10.4. The van der Waals surface area contributed by atoms with Crippen molar-refractivity contribution in [2.24, 2.45) is 5.92 Å². The number of likely N-dealkylation sites (tertiary alicyclic amines) is 1. The summed E-state index contributed by atoms with van der Waals surface area (Å²) < 4.78 is 19.4. The van der Waals surface area contributed by atoms with Gasteiger partial charge in [-0.1, -0.05) is 24.8 Å². The van der Waals surface area contributed by atoms with Gasteiger partial charge in [-0.25, -0.2) is 0 Å². The number of carbonyl (C=O) groups excluding carboxylic acids is 1. The van der Waals surface area contributed by atoms with Gasteiger partial charge >= 0.3 is 0 Å². The van der Waals surface area contributed by atoms with E-state index in [4.69, 9.17) is 14.2 Å². The lowest BCUT2D eigenvalue weighted by atomic mass is 9.69. The number of piperazine rings is 1. The molecule has 8 atom stereocenters. The van der Waals surface area contributed by atoms with Crippen LogP contribution in [-0.4, -0.2) is 104 Å². The highest BCUT2D eigenvalue weighted by atomic mass is 16.5. The number of ether oxygens (including phenoxy) is 3. The van der Waals surface area contributed by atoms with Crippen molar-refractivity contribution >= 4 is 5.91 Å². The van der Waals surface area contributed by atoms with Gasteiger partial charge < -0.3 is 24.0 Å². The molecule has 1 saturated carbocycles. The van der Waals surface area contributed by atoms with Gasteiger partial charge in [0.1, 0.15) is 11.4 Å². The maximum absolute atomic E-state index is 12.6. The molecule has 42 heavy (non-hydrogen) atoms. The molecule has 1 aromatic rings. The second-order valence-electron chi connectivity index (χ2n) is 12.8. The van der Waals surface area contributed by atoms with Gasteiger partial charge in [0.05, 0.1) is 37.4 Å². The minimum Gasteiger partial charge on any atom is -0.487 e. The minimum absolute atomic E-state index is 0.0103. The molecule has 2 N–H and O–H groups in total. The van der Waals surface area contributed by atoms with Crippen LogP contribution in [0.15, 0.2) is 36.9 Å². The van der Waals surface area contributed by atoms with Crippen LogP contribution in [0, 0.1) is 17.2 Å². The average Bonchev–Trinajstić information content (AvgIpc) is 3.43. The van der Waals surface area contributed by atoms with Crippen LogP contribution in [0.5, 0.6) is 5.75 Å². The van der Waals surface area contributed by atoms with Crippen molar-refractivity contribution in [3.8, 4) is 11.8 Å². The highest BCUT2D eigenvalue weighted by Gasteiger charge is 2.52. The van der Waals surface area contributed by atoms with E-state index < -0.39 is 0 Å². The Morgan fingerprint density at radius 1 is 1.21 bits per heavy atom. The van der Waals surface area contributed by atoms with Gasteiger partial charge in [-0.3, -0.25) is 20.3 Å². The van der Waals surface area contributed by atoms with Crippen molar-refractivity contribution in [1.29, 1.82) is 5.26 Å². The SMILES string of the molecule is C=CC(=O)N1CCN(C2NC(OCC3CCCN3C)NC3C[C@@]4(CCC32)CC(OC)c2ccccc2O4)CC1CC#N. The molecular weight excluding hydrogens is 532 g/mol. The van der Waals surface area contributed by atoms with E-state index in [1.807, 2.05) is 17.0 Å². The smallest absolute Gasteiger partial charge is 0.246 e. The summed E-state index contributed by atoms with van der Waals surface area (Å²) in [4.78, 5) is 19.2. The lowest BCUT2D eigenvalue weighted by Gasteiger charge is -2.56. The molecule has 1 aliphatic carbocycles. The van der Waals surface area contributed by atoms with Crippen LogP contribution >= 0.6 is 0 Å². The van der Waals surface area contributed by atoms with Crippen molar-refractivity contribution in [3.63, 3.8) is 0 Å². The molecule has 0 radical (unpaired) electrons. The number of para-hydroxylation sites is 1. The van der Waals surface area contributed by atoms with Gasteiger partial charge in [0, 0.05) is 63.2 Å². The number of nitriles is 1. The lowest BCUT2D eigenvalue weighted by Crippen LogP contribution is -2.73.